The number of thiazole rings is 1. The molecule has 2 aromatic heterocycles. The SMILES string of the molecule is CC(C)(C)OC(=O)NCCCCNC(=O)CN1CCC(C(=O)Nc2ncc(SCc3ncc(C(C)(C)C)o3)s2)CC1. The van der Waals surface area contributed by atoms with Crippen molar-refractivity contribution in [1.29, 1.82) is 0 Å². The van der Waals surface area contributed by atoms with E-state index in [1.807, 2.05) is 20.8 Å². The van der Waals surface area contributed by atoms with Crippen molar-refractivity contribution < 1.29 is 23.5 Å². The fraction of sp³-hybridized carbons (Fsp3) is 0.679. The van der Waals surface area contributed by atoms with Crippen molar-refractivity contribution in [3.05, 3.63) is 24.0 Å². The number of likely N-dealkylation sites (tertiary alicyclic amines) is 1. The highest BCUT2D eigenvalue weighted by Gasteiger charge is 2.26. The summed E-state index contributed by atoms with van der Waals surface area (Å²) >= 11 is 3.02. The second-order valence-corrected chi connectivity index (χ2v) is 14.5. The van der Waals surface area contributed by atoms with Crippen LogP contribution in [0.15, 0.2) is 21.0 Å². The maximum Gasteiger partial charge on any atom is 0.407 e. The molecular weight excluding hydrogens is 564 g/mol. The minimum Gasteiger partial charge on any atom is -0.444 e. The number of alkyl carbamates (subject to hydrolysis) is 1. The average molecular weight is 609 g/mol. The molecule has 3 N–H and O–H groups in total. The van der Waals surface area contributed by atoms with Gasteiger partial charge in [-0.2, -0.15) is 0 Å². The summed E-state index contributed by atoms with van der Waals surface area (Å²) < 4.78 is 12.0. The molecule has 1 aliphatic rings. The molecule has 3 rings (SSSR count). The standard InChI is InChI=1S/C28H44N6O5S2/c1-27(2,3)20-15-31-22(38-20)18-40-23-16-32-25(41-23)33-24(36)19-9-13-34(14-10-19)17-21(35)29-11-7-8-12-30-26(37)39-28(4,5)6/h15-16,19H,7-14,17-18H2,1-6H3,(H,29,35)(H,30,37)(H,32,33,36). The van der Waals surface area contributed by atoms with Crippen LogP contribution < -0.4 is 16.0 Å². The van der Waals surface area contributed by atoms with Crippen molar-refractivity contribution in [3.8, 4) is 0 Å². The molecule has 13 heteroatoms. The lowest BCUT2D eigenvalue weighted by Gasteiger charge is -2.30. The maximum absolute atomic E-state index is 12.8. The minimum absolute atomic E-state index is 0.0255. The van der Waals surface area contributed by atoms with Gasteiger partial charge in [0, 0.05) is 24.4 Å². The van der Waals surface area contributed by atoms with Gasteiger partial charge in [-0.15, -0.1) is 11.8 Å². The maximum atomic E-state index is 12.8. The zero-order valence-corrected chi connectivity index (χ0v) is 26.6. The monoisotopic (exact) mass is 608 g/mol. The Bertz CT molecular complexity index is 1150. The van der Waals surface area contributed by atoms with E-state index in [4.69, 9.17) is 9.15 Å². The van der Waals surface area contributed by atoms with Crippen LogP contribution in [-0.2, 0) is 25.5 Å². The molecule has 0 radical (unpaired) electrons. The van der Waals surface area contributed by atoms with Gasteiger partial charge < -0.3 is 25.1 Å². The molecule has 0 aromatic carbocycles. The summed E-state index contributed by atoms with van der Waals surface area (Å²) in [6.45, 7) is 14.5. The number of oxazole rings is 1. The van der Waals surface area contributed by atoms with Crippen LogP contribution in [0.4, 0.5) is 9.93 Å². The molecule has 0 unspecified atom stereocenters. The number of unbranched alkanes of at least 4 members (excludes halogenated alkanes) is 1. The molecule has 0 saturated carbocycles. The molecule has 41 heavy (non-hydrogen) atoms. The van der Waals surface area contributed by atoms with Gasteiger partial charge in [0.2, 0.25) is 17.7 Å². The van der Waals surface area contributed by atoms with Crippen LogP contribution in [0.5, 0.6) is 0 Å². The smallest absolute Gasteiger partial charge is 0.407 e. The number of anilines is 1. The van der Waals surface area contributed by atoms with E-state index in [1.165, 1.54) is 11.3 Å². The molecule has 228 valence electrons. The number of carbonyl (C=O) groups is 3. The Morgan fingerprint density at radius 3 is 2.37 bits per heavy atom. The normalized spacial score (nSPS) is 15.0. The number of ether oxygens (including phenoxy) is 1. The highest BCUT2D eigenvalue weighted by molar-refractivity contribution is 8.00. The van der Waals surface area contributed by atoms with Crippen LogP contribution in [-0.4, -0.2) is 71.1 Å². The first-order chi connectivity index (χ1) is 19.3. The number of hydrogen-bond donors (Lipinski definition) is 3. The molecule has 1 fully saturated rings. The quantitative estimate of drug-likeness (QED) is 0.229. The highest BCUT2D eigenvalue weighted by atomic mass is 32.2. The highest BCUT2D eigenvalue weighted by Crippen LogP contribution is 2.32. The summed E-state index contributed by atoms with van der Waals surface area (Å²) in [5.41, 5.74) is -0.594. The number of amides is 3. The Morgan fingerprint density at radius 2 is 1.73 bits per heavy atom. The van der Waals surface area contributed by atoms with Crippen LogP contribution in [0.2, 0.25) is 0 Å². The van der Waals surface area contributed by atoms with E-state index in [0.717, 1.165) is 22.8 Å². The number of rotatable bonds is 12. The predicted molar refractivity (Wildman–Crippen MR) is 161 cm³/mol. The van der Waals surface area contributed by atoms with E-state index in [1.54, 1.807) is 24.2 Å². The van der Waals surface area contributed by atoms with Crippen LogP contribution in [0.25, 0.3) is 0 Å². The average Bonchev–Trinajstić information content (AvgIpc) is 3.54. The van der Waals surface area contributed by atoms with Crippen LogP contribution in [0.1, 0.15) is 78.9 Å². The fourth-order valence-corrected chi connectivity index (χ4v) is 5.77. The van der Waals surface area contributed by atoms with Gasteiger partial charge in [0.15, 0.2) is 5.13 Å². The van der Waals surface area contributed by atoms with Crippen LogP contribution in [0, 0.1) is 5.92 Å². The summed E-state index contributed by atoms with van der Waals surface area (Å²) in [6.07, 6.45) is 6.02. The van der Waals surface area contributed by atoms with Gasteiger partial charge in [-0.3, -0.25) is 14.5 Å². The lowest BCUT2D eigenvalue weighted by molar-refractivity contribution is -0.123. The van der Waals surface area contributed by atoms with Crippen molar-refractivity contribution in [3.63, 3.8) is 0 Å². The van der Waals surface area contributed by atoms with Gasteiger partial charge in [0.05, 0.1) is 28.9 Å². The van der Waals surface area contributed by atoms with Gasteiger partial charge in [-0.25, -0.2) is 14.8 Å². The molecule has 11 nitrogen and oxygen atoms in total. The van der Waals surface area contributed by atoms with Crippen molar-refractivity contribution >= 4 is 46.1 Å². The number of thioether (sulfide) groups is 1. The Morgan fingerprint density at radius 1 is 1.05 bits per heavy atom. The number of nitrogens with zero attached hydrogens (tertiary/aromatic N) is 3. The summed E-state index contributed by atoms with van der Waals surface area (Å²) in [6, 6.07) is 0. The molecule has 3 heterocycles. The summed E-state index contributed by atoms with van der Waals surface area (Å²) in [7, 11) is 0. The second kappa shape index (κ2) is 15.0. The van der Waals surface area contributed by atoms with Crippen molar-refractivity contribution in [2.45, 2.75) is 88.2 Å². The van der Waals surface area contributed by atoms with E-state index < -0.39 is 11.7 Å². The number of carbonyl (C=O) groups excluding carboxylic acids is 3. The van der Waals surface area contributed by atoms with E-state index in [-0.39, 0.29) is 23.1 Å². The number of aromatic nitrogens is 2. The molecule has 1 saturated heterocycles. The largest absolute Gasteiger partial charge is 0.444 e. The number of piperidine rings is 1. The first-order valence-corrected chi connectivity index (χ1v) is 15.9. The molecule has 1 aliphatic heterocycles. The van der Waals surface area contributed by atoms with Gasteiger partial charge in [-0.1, -0.05) is 32.1 Å². The third-order valence-electron chi connectivity index (χ3n) is 6.26. The van der Waals surface area contributed by atoms with Gasteiger partial charge >= 0.3 is 6.09 Å². The van der Waals surface area contributed by atoms with Crippen molar-refractivity contribution in [1.82, 2.24) is 25.5 Å². The Kier molecular flexibility index (Phi) is 12.0. The topological polar surface area (TPSA) is 139 Å². The molecular formula is C28H44N6O5S2. The molecule has 0 atom stereocenters. The fourth-order valence-electron chi connectivity index (χ4n) is 4.04. The molecule has 0 bridgehead atoms. The summed E-state index contributed by atoms with van der Waals surface area (Å²) in [4.78, 5) is 47.6. The third-order valence-corrected chi connectivity index (χ3v) is 8.36. The second-order valence-electron chi connectivity index (χ2n) is 12.2. The lowest BCUT2D eigenvalue weighted by Crippen LogP contribution is -2.43. The van der Waals surface area contributed by atoms with Crippen molar-refractivity contribution in [2.24, 2.45) is 5.92 Å². The Balaban J connectivity index is 1.27. The number of hydrogen-bond acceptors (Lipinski definition) is 10. The van der Waals surface area contributed by atoms with E-state index in [9.17, 15) is 14.4 Å². The number of nitrogens with one attached hydrogen (secondary N) is 3. The van der Waals surface area contributed by atoms with Crippen LogP contribution >= 0.6 is 23.1 Å². The Labute approximate surface area is 251 Å². The molecule has 2 aromatic rings. The molecule has 0 spiro atoms. The lowest BCUT2D eigenvalue weighted by atomic mass is 9.94. The van der Waals surface area contributed by atoms with E-state index in [0.29, 0.717) is 62.3 Å². The molecule has 0 aliphatic carbocycles. The van der Waals surface area contributed by atoms with Crippen LogP contribution in [0.3, 0.4) is 0 Å². The van der Waals surface area contributed by atoms with E-state index >= 15 is 0 Å². The third kappa shape index (κ3) is 12.0. The van der Waals surface area contributed by atoms with Crippen molar-refractivity contribution in [2.75, 3.05) is 38.0 Å². The zero-order chi connectivity index (χ0) is 30.0. The molecule has 3 amide bonds. The van der Waals surface area contributed by atoms with Gasteiger partial charge in [0.1, 0.15) is 11.4 Å². The first-order valence-electron chi connectivity index (χ1n) is 14.1. The summed E-state index contributed by atoms with van der Waals surface area (Å²) in [5, 5.41) is 9.19. The van der Waals surface area contributed by atoms with E-state index in [2.05, 4.69) is 51.6 Å². The zero-order valence-electron chi connectivity index (χ0n) is 25.0. The summed E-state index contributed by atoms with van der Waals surface area (Å²) in [5.74, 6) is 1.98. The predicted octanol–water partition coefficient (Wildman–Crippen LogP) is 4.79. The minimum atomic E-state index is -0.516. The Hall–Kier alpha value is -2.64. The first kappa shape index (κ1) is 32.9. The van der Waals surface area contributed by atoms with Gasteiger partial charge in [0.25, 0.3) is 0 Å². The van der Waals surface area contributed by atoms with Gasteiger partial charge in [-0.05, 0) is 59.5 Å².